The fourth-order valence-electron chi connectivity index (χ4n) is 2.01. The highest BCUT2D eigenvalue weighted by Gasteiger charge is 2.91. The molecule has 0 aromatic heterocycles. The van der Waals surface area contributed by atoms with Gasteiger partial charge in [-0.3, -0.25) is 14.9 Å². The summed E-state index contributed by atoms with van der Waals surface area (Å²) in [6.07, 6.45) is -7.59. The molecule has 0 bridgehead atoms. The lowest BCUT2D eigenvalue weighted by atomic mass is 9.93. The summed E-state index contributed by atoms with van der Waals surface area (Å²) in [4.78, 5) is 20.8. The Labute approximate surface area is 167 Å². The van der Waals surface area contributed by atoms with Gasteiger partial charge in [0.1, 0.15) is 5.69 Å². The topological polar surface area (TPSA) is 72.2 Å². The van der Waals surface area contributed by atoms with E-state index in [1.807, 2.05) is 0 Å². The number of nitrogens with one attached hydrogen (secondary N) is 1. The Balaban J connectivity index is 3.49. The smallest absolute Gasteiger partial charge is 0.315 e. The van der Waals surface area contributed by atoms with E-state index >= 15 is 0 Å². The third-order valence-corrected chi connectivity index (χ3v) is 3.82. The Hall–Kier alpha value is -2.82. The predicted octanol–water partition coefficient (Wildman–Crippen LogP) is 5.58. The van der Waals surface area contributed by atoms with E-state index in [4.69, 9.17) is 0 Å². The first-order valence-electron chi connectivity index (χ1n) is 7.49. The zero-order valence-electron chi connectivity index (χ0n) is 14.8. The van der Waals surface area contributed by atoms with Crippen LogP contribution >= 0.6 is 0 Å². The van der Waals surface area contributed by atoms with Crippen LogP contribution in [0.1, 0.15) is 5.56 Å². The van der Waals surface area contributed by atoms with Crippen molar-refractivity contribution < 1.29 is 66.8 Å². The summed E-state index contributed by atoms with van der Waals surface area (Å²) in [5, 5.41) is 11.5. The number of nitrogens with zero attached hydrogens (tertiary/aromatic N) is 1. The Morgan fingerprint density at radius 2 is 1.25 bits per heavy atom. The highest BCUT2D eigenvalue weighted by atomic mass is 19.4. The Morgan fingerprint density at radius 1 is 0.812 bits per heavy atom. The number of hydrogen-bond donors (Lipinski definition) is 1. The fourth-order valence-corrected chi connectivity index (χ4v) is 2.01. The molecule has 32 heavy (non-hydrogen) atoms. The first-order valence-corrected chi connectivity index (χ1v) is 7.49. The molecule has 0 saturated heterocycles. The number of nitro benzene ring substituents is 1. The molecule has 0 aliphatic carbocycles. The molecule has 18 heteroatoms. The number of alkyl halides is 13. The highest BCUT2D eigenvalue weighted by Crippen LogP contribution is 2.60. The van der Waals surface area contributed by atoms with E-state index in [0.717, 1.165) is 6.07 Å². The lowest BCUT2D eigenvalue weighted by Crippen LogP contribution is -2.71. The summed E-state index contributed by atoms with van der Waals surface area (Å²) < 4.78 is 169. The standard InChI is InChI=1S/C14H7F13N2O3/c1-5-2-3-6(7(4-5)29(31)32)28-8(30)9(15,16)10(17,18)11(19,20)12(21,22)13(23,24)14(25,26)27/h2-4H,1H3,(H,28,30). The molecule has 1 N–H and O–H groups in total. The summed E-state index contributed by atoms with van der Waals surface area (Å²) in [7, 11) is 0. The number of aryl methyl sites for hydroxylation is 1. The molecule has 1 aromatic carbocycles. The minimum Gasteiger partial charge on any atom is -0.315 e. The van der Waals surface area contributed by atoms with E-state index in [0.29, 0.717) is 17.4 Å². The zero-order valence-corrected chi connectivity index (χ0v) is 14.8. The summed E-state index contributed by atoms with van der Waals surface area (Å²) in [6, 6.07) is 1.86. The third kappa shape index (κ3) is 3.89. The van der Waals surface area contributed by atoms with Crippen molar-refractivity contribution in [2.75, 3.05) is 5.32 Å². The molecule has 182 valence electrons. The van der Waals surface area contributed by atoms with Gasteiger partial charge in [0.25, 0.3) is 5.69 Å². The van der Waals surface area contributed by atoms with Crippen LogP contribution in [0.25, 0.3) is 0 Å². The Kier molecular flexibility index (Phi) is 6.50. The highest BCUT2D eigenvalue weighted by molar-refractivity contribution is 5.98. The molecule has 0 heterocycles. The van der Waals surface area contributed by atoms with Crippen molar-refractivity contribution >= 4 is 17.3 Å². The number of amides is 1. The van der Waals surface area contributed by atoms with Gasteiger partial charge in [-0.05, 0) is 18.6 Å². The second kappa shape index (κ2) is 7.65. The lowest BCUT2D eigenvalue weighted by Gasteiger charge is -2.39. The second-order valence-electron chi connectivity index (χ2n) is 6.10. The molecule has 5 nitrogen and oxygen atoms in total. The van der Waals surface area contributed by atoms with Crippen LogP contribution in [0.5, 0.6) is 0 Å². The van der Waals surface area contributed by atoms with Crippen LogP contribution in [0, 0.1) is 17.0 Å². The van der Waals surface area contributed by atoms with Gasteiger partial charge in [0.05, 0.1) is 4.92 Å². The van der Waals surface area contributed by atoms with Crippen molar-refractivity contribution in [3.05, 3.63) is 33.9 Å². The summed E-state index contributed by atoms with van der Waals surface area (Å²) in [5.74, 6) is -42.8. The zero-order chi connectivity index (χ0) is 25.7. The van der Waals surface area contributed by atoms with E-state index in [-0.39, 0.29) is 5.56 Å². The van der Waals surface area contributed by atoms with Crippen molar-refractivity contribution in [1.29, 1.82) is 0 Å². The van der Waals surface area contributed by atoms with Crippen LogP contribution < -0.4 is 5.32 Å². The molecule has 1 amide bonds. The number of hydrogen-bond acceptors (Lipinski definition) is 3. The molecule has 0 radical (unpaired) electrons. The number of carbonyl (C=O) groups is 1. The van der Waals surface area contributed by atoms with Crippen molar-refractivity contribution in [2.45, 2.75) is 42.7 Å². The van der Waals surface area contributed by atoms with Gasteiger partial charge >= 0.3 is 41.7 Å². The molecular weight excluding hydrogens is 491 g/mol. The van der Waals surface area contributed by atoms with E-state index in [2.05, 4.69) is 0 Å². The maximum atomic E-state index is 13.7. The number of halogens is 13. The van der Waals surface area contributed by atoms with Crippen LogP contribution in [0.4, 0.5) is 68.5 Å². The van der Waals surface area contributed by atoms with Gasteiger partial charge in [-0.25, -0.2) is 0 Å². The molecule has 0 aliphatic rings. The van der Waals surface area contributed by atoms with Gasteiger partial charge in [-0.15, -0.1) is 0 Å². The van der Waals surface area contributed by atoms with Crippen molar-refractivity contribution in [1.82, 2.24) is 0 Å². The minimum absolute atomic E-state index is 0.0346. The number of benzene rings is 1. The van der Waals surface area contributed by atoms with Gasteiger partial charge in [-0.1, -0.05) is 6.07 Å². The van der Waals surface area contributed by atoms with E-state index < -0.39 is 58.0 Å². The average molecular weight is 498 g/mol. The van der Waals surface area contributed by atoms with Gasteiger partial charge in [0.15, 0.2) is 0 Å². The minimum atomic E-state index is -8.17. The first kappa shape index (κ1) is 27.2. The maximum Gasteiger partial charge on any atom is 0.460 e. The van der Waals surface area contributed by atoms with E-state index in [9.17, 15) is 72.0 Å². The Morgan fingerprint density at radius 3 is 1.66 bits per heavy atom. The molecule has 0 atom stereocenters. The monoisotopic (exact) mass is 498 g/mol. The third-order valence-electron chi connectivity index (χ3n) is 3.82. The predicted molar refractivity (Wildman–Crippen MR) is 77.3 cm³/mol. The number of carbonyl (C=O) groups excluding carboxylic acids is 1. The van der Waals surface area contributed by atoms with Gasteiger partial charge < -0.3 is 5.32 Å². The molecule has 0 saturated carbocycles. The normalized spacial score (nSPS) is 14.3. The van der Waals surface area contributed by atoms with Crippen molar-refractivity contribution in [2.24, 2.45) is 0 Å². The largest absolute Gasteiger partial charge is 0.460 e. The van der Waals surface area contributed by atoms with E-state index in [1.54, 1.807) is 0 Å². The van der Waals surface area contributed by atoms with Gasteiger partial charge in [-0.2, -0.15) is 57.1 Å². The van der Waals surface area contributed by atoms with Crippen LogP contribution in [-0.2, 0) is 4.79 Å². The summed E-state index contributed by atoms with van der Waals surface area (Å²) >= 11 is 0. The van der Waals surface area contributed by atoms with Crippen molar-refractivity contribution in [3.8, 4) is 0 Å². The summed E-state index contributed by atoms with van der Waals surface area (Å²) in [5.41, 5.74) is -2.57. The SMILES string of the molecule is Cc1ccc(NC(=O)C(F)(F)C(F)(F)C(F)(F)C(F)(F)C(F)(F)C(F)(F)F)c([N+](=O)[O-])c1. The molecule has 0 aliphatic heterocycles. The molecule has 1 rings (SSSR count). The van der Waals surface area contributed by atoms with Crippen LogP contribution in [0.15, 0.2) is 18.2 Å². The van der Waals surface area contributed by atoms with Gasteiger partial charge in [0, 0.05) is 6.07 Å². The van der Waals surface area contributed by atoms with Gasteiger partial charge in [0.2, 0.25) is 0 Å². The Bertz CT molecular complexity index is 912. The molecule has 1 aromatic rings. The maximum absolute atomic E-state index is 13.7. The number of anilines is 1. The second-order valence-corrected chi connectivity index (χ2v) is 6.10. The molecular formula is C14H7F13N2O3. The van der Waals surface area contributed by atoms with Crippen molar-refractivity contribution in [3.63, 3.8) is 0 Å². The number of rotatable bonds is 7. The number of nitro groups is 1. The van der Waals surface area contributed by atoms with Crippen LogP contribution in [0.2, 0.25) is 0 Å². The summed E-state index contributed by atoms with van der Waals surface area (Å²) in [6.45, 7) is 1.19. The molecule has 0 unspecified atom stereocenters. The fraction of sp³-hybridized carbons (Fsp3) is 0.500. The molecule has 0 spiro atoms. The average Bonchev–Trinajstić information content (AvgIpc) is 2.61. The lowest BCUT2D eigenvalue weighted by molar-refractivity contribution is -0.435. The van der Waals surface area contributed by atoms with Crippen LogP contribution in [0.3, 0.4) is 0 Å². The quantitative estimate of drug-likeness (QED) is 0.303. The van der Waals surface area contributed by atoms with Crippen LogP contribution in [-0.4, -0.2) is 46.6 Å². The van der Waals surface area contributed by atoms with E-state index in [1.165, 1.54) is 6.92 Å². The first-order chi connectivity index (χ1) is 14.0. The molecule has 0 fully saturated rings.